The summed E-state index contributed by atoms with van der Waals surface area (Å²) in [5.41, 5.74) is 0. The first-order chi connectivity index (χ1) is 5.98. The quantitative estimate of drug-likeness (QED) is 0.443. The number of rotatable bonds is 6. The molecule has 0 saturated carbocycles. The van der Waals surface area contributed by atoms with Gasteiger partial charge in [-0.3, -0.25) is 0 Å². The molecule has 0 aromatic carbocycles. The normalized spacial score (nSPS) is 14.3. The van der Waals surface area contributed by atoms with Crippen LogP contribution >= 0.6 is 7.26 Å². The Bertz CT molecular complexity index is 145. The predicted octanol–water partition coefficient (Wildman–Crippen LogP) is 4.36. The zero-order valence-electron chi connectivity index (χ0n) is 10.1. The molecule has 0 aliphatic carbocycles. The first kappa shape index (κ1) is 13.2. The van der Waals surface area contributed by atoms with E-state index >= 15 is 0 Å². The minimum absolute atomic E-state index is 0.881. The van der Waals surface area contributed by atoms with E-state index < -0.39 is 7.26 Å². The van der Waals surface area contributed by atoms with Crippen LogP contribution in [0.4, 0.5) is 0 Å². The summed E-state index contributed by atoms with van der Waals surface area (Å²) in [5.74, 6) is 3.34. The second-order valence-corrected chi connectivity index (χ2v) is 9.94. The molecule has 1 heteroatoms. The first-order valence-electron chi connectivity index (χ1n) is 5.62. The zero-order chi connectivity index (χ0) is 10.3. The Morgan fingerprint density at radius 2 is 1.77 bits per heavy atom. The topological polar surface area (TPSA) is 0 Å². The molecule has 0 atom stereocenters. The molecule has 0 aromatic rings. The molecule has 0 aromatic heterocycles. The summed E-state index contributed by atoms with van der Waals surface area (Å²) in [7, 11) is -0.956. The minimum atomic E-state index is -0.956. The van der Waals surface area contributed by atoms with E-state index in [0.29, 0.717) is 0 Å². The van der Waals surface area contributed by atoms with Crippen LogP contribution in [0.3, 0.4) is 0 Å². The maximum atomic E-state index is 2.46. The zero-order valence-corrected chi connectivity index (χ0v) is 11.1. The second kappa shape index (κ2) is 6.60. The maximum absolute atomic E-state index is 2.46. The molecule has 0 N–H and O–H groups in total. The molecule has 80 valence electrons. The number of allylic oxidation sites excluding steroid dienone is 1. The molecule has 0 nitrogen and oxygen atoms in total. The van der Waals surface area contributed by atoms with E-state index in [1.165, 1.54) is 25.4 Å². The van der Waals surface area contributed by atoms with Crippen molar-refractivity contribution in [1.82, 2.24) is 0 Å². The van der Waals surface area contributed by atoms with Gasteiger partial charge in [-0.05, 0) is 0 Å². The molecule has 0 fully saturated rings. The van der Waals surface area contributed by atoms with Gasteiger partial charge in [-0.15, -0.1) is 0 Å². The van der Waals surface area contributed by atoms with E-state index in [4.69, 9.17) is 0 Å². The van der Waals surface area contributed by atoms with E-state index in [9.17, 15) is 0 Å². The standard InChI is InChI=1S/C12H27P/c1-6-10-13(4,5)11-8-7-9-12(2)3/h6,10,12-13H,7-9,11H2,1-5H3/b10-6+. The molecule has 13 heavy (non-hydrogen) atoms. The van der Waals surface area contributed by atoms with Crippen LogP contribution in [0, 0.1) is 5.92 Å². The molecular weight excluding hydrogens is 175 g/mol. The number of hydrogen-bond donors (Lipinski definition) is 0. The molecule has 0 amide bonds. The summed E-state index contributed by atoms with van der Waals surface area (Å²) in [4.78, 5) is 0. The van der Waals surface area contributed by atoms with Crippen molar-refractivity contribution in [2.75, 3.05) is 19.5 Å². The van der Waals surface area contributed by atoms with Gasteiger partial charge in [-0.2, -0.15) is 0 Å². The molecular formula is C12H27P. The SMILES string of the molecule is C/C=C/[PH](C)(C)CCCCC(C)C. The summed E-state index contributed by atoms with van der Waals surface area (Å²) >= 11 is 0. The second-order valence-electron chi connectivity index (χ2n) is 5.13. The van der Waals surface area contributed by atoms with Crippen molar-refractivity contribution >= 4 is 7.26 Å². The Labute approximate surface area is 85.1 Å². The van der Waals surface area contributed by atoms with Crippen LogP contribution in [0.25, 0.3) is 0 Å². The molecule has 0 bridgehead atoms. The van der Waals surface area contributed by atoms with E-state index in [1.807, 2.05) is 0 Å². The van der Waals surface area contributed by atoms with Crippen LogP contribution in [0.15, 0.2) is 11.9 Å². The van der Waals surface area contributed by atoms with E-state index in [1.54, 1.807) is 0 Å². The molecule has 0 saturated heterocycles. The van der Waals surface area contributed by atoms with Crippen LogP contribution in [0.2, 0.25) is 0 Å². The Morgan fingerprint density at radius 3 is 2.23 bits per heavy atom. The Balaban J connectivity index is 3.52. The third-order valence-electron chi connectivity index (χ3n) is 2.47. The van der Waals surface area contributed by atoms with Crippen LogP contribution in [-0.2, 0) is 0 Å². The summed E-state index contributed by atoms with van der Waals surface area (Å²) in [6, 6.07) is 0. The van der Waals surface area contributed by atoms with Crippen LogP contribution in [0.1, 0.15) is 40.0 Å². The van der Waals surface area contributed by atoms with Gasteiger partial charge in [0.15, 0.2) is 0 Å². The van der Waals surface area contributed by atoms with Gasteiger partial charge in [-0.1, -0.05) is 0 Å². The van der Waals surface area contributed by atoms with E-state index in [-0.39, 0.29) is 0 Å². The Morgan fingerprint density at radius 1 is 1.15 bits per heavy atom. The van der Waals surface area contributed by atoms with Gasteiger partial charge in [0.2, 0.25) is 0 Å². The van der Waals surface area contributed by atoms with Crippen molar-refractivity contribution in [3.63, 3.8) is 0 Å². The summed E-state index contributed by atoms with van der Waals surface area (Å²) in [6.07, 6.45) is 7.95. The Hall–Kier alpha value is 0.170. The fourth-order valence-corrected chi connectivity index (χ4v) is 3.90. The van der Waals surface area contributed by atoms with Crippen LogP contribution in [-0.4, -0.2) is 19.5 Å². The number of hydrogen-bond acceptors (Lipinski definition) is 0. The van der Waals surface area contributed by atoms with Gasteiger partial charge >= 0.3 is 84.6 Å². The predicted molar refractivity (Wildman–Crippen MR) is 68.5 cm³/mol. The average Bonchev–Trinajstić information content (AvgIpc) is 1.98. The molecule has 0 rings (SSSR count). The molecule has 0 aliphatic heterocycles. The fourth-order valence-electron chi connectivity index (χ4n) is 1.67. The van der Waals surface area contributed by atoms with Crippen molar-refractivity contribution < 1.29 is 0 Å². The summed E-state index contributed by atoms with van der Waals surface area (Å²) < 4.78 is 0. The van der Waals surface area contributed by atoms with Crippen molar-refractivity contribution in [3.8, 4) is 0 Å². The van der Waals surface area contributed by atoms with Gasteiger partial charge in [0.1, 0.15) is 0 Å². The van der Waals surface area contributed by atoms with Crippen LogP contribution in [0.5, 0.6) is 0 Å². The van der Waals surface area contributed by atoms with Gasteiger partial charge in [0, 0.05) is 0 Å². The van der Waals surface area contributed by atoms with Crippen LogP contribution < -0.4 is 0 Å². The number of unbranched alkanes of at least 4 members (excludes halogenated alkanes) is 1. The molecule has 0 unspecified atom stereocenters. The van der Waals surface area contributed by atoms with Crippen molar-refractivity contribution in [3.05, 3.63) is 11.9 Å². The third kappa shape index (κ3) is 8.50. The molecule has 0 aliphatic rings. The molecule has 0 spiro atoms. The van der Waals surface area contributed by atoms with Crippen molar-refractivity contribution in [2.45, 2.75) is 40.0 Å². The summed E-state index contributed by atoms with van der Waals surface area (Å²) in [5, 5.41) is 0. The van der Waals surface area contributed by atoms with Gasteiger partial charge in [0.25, 0.3) is 0 Å². The van der Waals surface area contributed by atoms with Gasteiger partial charge in [0.05, 0.1) is 0 Å². The Kier molecular flexibility index (Phi) is 6.68. The molecule has 0 heterocycles. The van der Waals surface area contributed by atoms with E-state index in [2.05, 4.69) is 46.0 Å². The first-order valence-corrected chi connectivity index (χ1v) is 8.90. The van der Waals surface area contributed by atoms with E-state index in [0.717, 1.165) is 5.92 Å². The molecule has 0 radical (unpaired) electrons. The third-order valence-corrected chi connectivity index (χ3v) is 5.35. The fraction of sp³-hybridized carbons (Fsp3) is 0.833. The summed E-state index contributed by atoms with van der Waals surface area (Å²) in [6.45, 7) is 11.7. The van der Waals surface area contributed by atoms with Crippen molar-refractivity contribution in [1.29, 1.82) is 0 Å². The van der Waals surface area contributed by atoms with Gasteiger partial charge in [-0.25, -0.2) is 0 Å². The monoisotopic (exact) mass is 202 g/mol. The van der Waals surface area contributed by atoms with Crippen molar-refractivity contribution in [2.24, 2.45) is 5.92 Å². The average molecular weight is 202 g/mol. The van der Waals surface area contributed by atoms with Gasteiger partial charge < -0.3 is 0 Å².